The number of aromatic nitrogens is 1. The van der Waals surface area contributed by atoms with Crippen molar-refractivity contribution in [2.45, 2.75) is 58.4 Å². The standard InChI is InChI=1S/C27H38N4O3/c1-4-20-7-10-31(16-20)27(33)29-23-6-5-18(2)24(15-23)22-13-25(21-8-11-34-12-9-21)30-26(14-22)28-19(3)17-32/h5-6,13-15,19-21,32H,4,7-12,16-17H2,1-3H3,(H,28,30)(H,29,33)/t19-,20-/m1/s1. The van der Waals surface area contributed by atoms with Crippen molar-refractivity contribution < 1.29 is 14.6 Å². The van der Waals surface area contributed by atoms with E-state index in [9.17, 15) is 9.90 Å². The molecule has 3 N–H and O–H groups in total. The maximum absolute atomic E-state index is 12.8. The second-order valence-corrected chi connectivity index (χ2v) is 9.75. The molecule has 0 spiro atoms. The zero-order valence-electron chi connectivity index (χ0n) is 20.6. The van der Waals surface area contributed by atoms with Crippen LogP contribution in [-0.2, 0) is 4.74 Å². The number of urea groups is 1. The molecule has 3 heterocycles. The second-order valence-electron chi connectivity index (χ2n) is 9.75. The highest BCUT2D eigenvalue weighted by atomic mass is 16.5. The summed E-state index contributed by atoms with van der Waals surface area (Å²) in [6.07, 6.45) is 4.10. The van der Waals surface area contributed by atoms with Gasteiger partial charge in [0.2, 0.25) is 0 Å². The zero-order chi connectivity index (χ0) is 24.1. The van der Waals surface area contributed by atoms with Crippen molar-refractivity contribution in [3.05, 3.63) is 41.6 Å². The van der Waals surface area contributed by atoms with E-state index in [4.69, 9.17) is 9.72 Å². The quantitative estimate of drug-likeness (QED) is 0.534. The first-order chi connectivity index (χ1) is 16.5. The van der Waals surface area contributed by atoms with Crippen molar-refractivity contribution in [2.24, 2.45) is 5.92 Å². The van der Waals surface area contributed by atoms with Crippen LogP contribution in [0.4, 0.5) is 16.3 Å². The molecule has 2 aromatic rings. The van der Waals surface area contributed by atoms with Gasteiger partial charge in [-0.25, -0.2) is 9.78 Å². The number of hydrogen-bond acceptors (Lipinski definition) is 5. The van der Waals surface area contributed by atoms with E-state index in [2.05, 4.69) is 42.7 Å². The van der Waals surface area contributed by atoms with Crippen LogP contribution in [0, 0.1) is 12.8 Å². The van der Waals surface area contributed by atoms with Gasteiger partial charge in [0.25, 0.3) is 0 Å². The van der Waals surface area contributed by atoms with Gasteiger partial charge in [0.1, 0.15) is 5.82 Å². The summed E-state index contributed by atoms with van der Waals surface area (Å²) in [4.78, 5) is 19.6. The fourth-order valence-electron chi connectivity index (χ4n) is 4.85. The molecule has 2 atom stereocenters. The molecule has 1 aromatic carbocycles. The molecular formula is C27H38N4O3. The third kappa shape index (κ3) is 5.88. The van der Waals surface area contributed by atoms with Crippen molar-refractivity contribution in [2.75, 3.05) is 43.5 Å². The highest BCUT2D eigenvalue weighted by Gasteiger charge is 2.25. The van der Waals surface area contributed by atoms with E-state index in [0.717, 1.165) is 85.9 Å². The predicted octanol–water partition coefficient (Wildman–Crippen LogP) is 5.01. The first-order valence-electron chi connectivity index (χ1n) is 12.6. The molecule has 2 saturated heterocycles. The summed E-state index contributed by atoms with van der Waals surface area (Å²) in [5.74, 6) is 1.72. The molecule has 0 bridgehead atoms. The van der Waals surface area contributed by atoms with Crippen molar-refractivity contribution >= 4 is 17.5 Å². The summed E-state index contributed by atoms with van der Waals surface area (Å²) >= 11 is 0. The maximum Gasteiger partial charge on any atom is 0.321 e. The van der Waals surface area contributed by atoms with Crippen LogP contribution < -0.4 is 10.6 Å². The first-order valence-corrected chi connectivity index (χ1v) is 12.6. The Bertz CT molecular complexity index is 990. The number of aliphatic hydroxyl groups is 1. The van der Waals surface area contributed by atoms with E-state index < -0.39 is 0 Å². The summed E-state index contributed by atoms with van der Waals surface area (Å²) in [5, 5.41) is 16.0. The van der Waals surface area contributed by atoms with Crippen LogP contribution in [-0.4, -0.2) is 60.0 Å². The van der Waals surface area contributed by atoms with Crippen molar-refractivity contribution in [1.82, 2.24) is 9.88 Å². The number of likely N-dealkylation sites (tertiary alicyclic amines) is 1. The number of pyridine rings is 1. The molecule has 184 valence electrons. The van der Waals surface area contributed by atoms with Crippen molar-refractivity contribution in [3.8, 4) is 11.1 Å². The Morgan fingerprint density at radius 2 is 2.03 bits per heavy atom. The van der Waals surface area contributed by atoms with Gasteiger partial charge in [-0.15, -0.1) is 0 Å². The summed E-state index contributed by atoms with van der Waals surface area (Å²) in [5.41, 5.74) is 5.11. The molecule has 7 nitrogen and oxygen atoms in total. The predicted molar refractivity (Wildman–Crippen MR) is 136 cm³/mol. The number of anilines is 2. The van der Waals surface area contributed by atoms with Crippen LogP contribution in [0.5, 0.6) is 0 Å². The van der Waals surface area contributed by atoms with E-state index >= 15 is 0 Å². The molecule has 1 aromatic heterocycles. The van der Waals surface area contributed by atoms with E-state index in [1.165, 1.54) is 0 Å². The SMILES string of the molecule is CC[C@@H]1CCN(C(=O)Nc2ccc(C)c(-c3cc(N[C@H](C)CO)nc(C4CCOCC4)c3)c2)C1. The Labute approximate surface area is 202 Å². The van der Waals surface area contributed by atoms with E-state index in [1.54, 1.807) is 0 Å². The van der Waals surface area contributed by atoms with Gasteiger partial charge < -0.3 is 25.4 Å². The molecule has 2 aliphatic rings. The minimum absolute atomic E-state index is 0.0255. The number of hydrogen-bond donors (Lipinski definition) is 3. The fourth-order valence-corrected chi connectivity index (χ4v) is 4.85. The van der Waals surface area contributed by atoms with Gasteiger partial charge in [-0.05, 0) is 80.0 Å². The average molecular weight is 467 g/mol. The Hall–Kier alpha value is -2.64. The average Bonchev–Trinajstić information content (AvgIpc) is 3.35. The normalized spacial score (nSPS) is 19.8. The molecule has 0 radical (unpaired) electrons. The molecule has 0 unspecified atom stereocenters. The number of benzene rings is 1. The Kier molecular flexibility index (Phi) is 8.06. The smallest absolute Gasteiger partial charge is 0.321 e. The number of aryl methyl sites for hydroxylation is 1. The summed E-state index contributed by atoms with van der Waals surface area (Å²) in [6, 6.07) is 10.2. The third-order valence-electron chi connectivity index (χ3n) is 7.10. The molecular weight excluding hydrogens is 428 g/mol. The van der Waals surface area contributed by atoms with Gasteiger partial charge in [-0.2, -0.15) is 0 Å². The van der Waals surface area contributed by atoms with Gasteiger partial charge in [-0.1, -0.05) is 19.4 Å². The monoisotopic (exact) mass is 466 g/mol. The van der Waals surface area contributed by atoms with Gasteiger partial charge >= 0.3 is 6.03 Å². The summed E-state index contributed by atoms with van der Waals surface area (Å²) < 4.78 is 5.56. The van der Waals surface area contributed by atoms with Crippen LogP contribution in [0.15, 0.2) is 30.3 Å². The lowest BCUT2D eigenvalue weighted by Gasteiger charge is -2.24. The Balaban J connectivity index is 1.61. The number of rotatable bonds is 7. The Morgan fingerprint density at radius 3 is 2.74 bits per heavy atom. The van der Waals surface area contributed by atoms with Crippen LogP contribution in [0.25, 0.3) is 11.1 Å². The molecule has 2 amide bonds. The van der Waals surface area contributed by atoms with Gasteiger partial charge in [0.15, 0.2) is 0 Å². The maximum atomic E-state index is 12.8. The van der Waals surface area contributed by atoms with Crippen LogP contribution in [0.2, 0.25) is 0 Å². The van der Waals surface area contributed by atoms with Gasteiger partial charge in [-0.3, -0.25) is 0 Å². The minimum Gasteiger partial charge on any atom is -0.394 e. The molecule has 2 aliphatic heterocycles. The second kappa shape index (κ2) is 11.2. The lowest BCUT2D eigenvalue weighted by atomic mass is 9.92. The first kappa shape index (κ1) is 24.5. The third-order valence-corrected chi connectivity index (χ3v) is 7.10. The number of nitrogens with one attached hydrogen (secondary N) is 2. The van der Waals surface area contributed by atoms with Crippen LogP contribution in [0.3, 0.4) is 0 Å². The number of aliphatic hydroxyl groups excluding tert-OH is 1. The van der Waals surface area contributed by atoms with Gasteiger partial charge in [0.05, 0.1) is 6.61 Å². The molecule has 0 saturated carbocycles. The highest BCUT2D eigenvalue weighted by molar-refractivity contribution is 5.90. The number of nitrogens with zero attached hydrogens (tertiary/aromatic N) is 2. The topological polar surface area (TPSA) is 86.7 Å². The van der Waals surface area contributed by atoms with Crippen LogP contribution >= 0.6 is 0 Å². The fraction of sp³-hybridized carbons (Fsp3) is 0.556. The molecule has 2 fully saturated rings. The number of carbonyl (C=O) groups is 1. The van der Waals surface area contributed by atoms with Crippen molar-refractivity contribution in [3.63, 3.8) is 0 Å². The number of carbonyl (C=O) groups excluding carboxylic acids is 1. The van der Waals surface area contributed by atoms with E-state index in [1.807, 2.05) is 24.0 Å². The lowest BCUT2D eigenvalue weighted by Crippen LogP contribution is -2.32. The lowest BCUT2D eigenvalue weighted by molar-refractivity contribution is 0.0845. The summed E-state index contributed by atoms with van der Waals surface area (Å²) in [6.45, 7) is 9.40. The van der Waals surface area contributed by atoms with E-state index in [0.29, 0.717) is 11.8 Å². The zero-order valence-corrected chi connectivity index (χ0v) is 20.6. The molecule has 7 heteroatoms. The Morgan fingerprint density at radius 1 is 1.24 bits per heavy atom. The summed E-state index contributed by atoms with van der Waals surface area (Å²) in [7, 11) is 0. The minimum atomic E-state index is -0.0931. The number of amides is 2. The van der Waals surface area contributed by atoms with Crippen LogP contribution in [0.1, 0.15) is 56.7 Å². The number of ether oxygens (including phenoxy) is 1. The van der Waals surface area contributed by atoms with Gasteiger partial charge in [0, 0.05) is 49.6 Å². The molecule has 4 rings (SSSR count). The van der Waals surface area contributed by atoms with Crippen molar-refractivity contribution in [1.29, 1.82) is 0 Å². The van der Waals surface area contributed by atoms with E-state index in [-0.39, 0.29) is 18.7 Å². The molecule has 34 heavy (non-hydrogen) atoms. The highest BCUT2D eigenvalue weighted by Crippen LogP contribution is 2.33. The molecule has 0 aliphatic carbocycles. The largest absolute Gasteiger partial charge is 0.394 e.